The Kier molecular flexibility index (Phi) is 6.01. The van der Waals surface area contributed by atoms with Crippen LogP contribution in [0.3, 0.4) is 0 Å². The van der Waals surface area contributed by atoms with Crippen LogP contribution in [-0.2, 0) is 14.8 Å². The number of amides is 3. The van der Waals surface area contributed by atoms with Crippen molar-refractivity contribution in [2.24, 2.45) is 0 Å². The van der Waals surface area contributed by atoms with E-state index < -0.39 is 27.7 Å². The lowest BCUT2D eigenvalue weighted by molar-refractivity contribution is -0.117. The Morgan fingerprint density at radius 3 is 1.74 bits per heavy atom. The Balaban J connectivity index is 1.87. The van der Waals surface area contributed by atoms with E-state index in [1.807, 2.05) is 4.72 Å². The molecule has 0 aromatic heterocycles. The monoisotopic (exact) mass is 482 g/mol. The molecule has 0 saturated heterocycles. The van der Waals surface area contributed by atoms with Crippen molar-refractivity contribution in [1.29, 1.82) is 0 Å². The van der Waals surface area contributed by atoms with Crippen molar-refractivity contribution in [1.82, 2.24) is 4.72 Å². The van der Waals surface area contributed by atoms with Crippen molar-refractivity contribution >= 4 is 44.2 Å². The molecule has 10 heteroatoms. The van der Waals surface area contributed by atoms with Gasteiger partial charge in [0.1, 0.15) is 11.5 Å². The number of hydrogen-bond acceptors (Lipinski definition) is 7. The van der Waals surface area contributed by atoms with Gasteiger partial charge in [-0.25, -0.2) is 18.0 Å². The third kappa shape index (κ3) is 3.75. The molecule has 0 bridgehead atoms. The zero-order valence-electron chi connectivity index (χ0n) is 18.7. The van der Waals surface area contributed by atoms with Crippen molar-refractivity contribution in [2.45, 2.75) is 25.7 Å². The number of nitrogens with one attached hydrogen (secondary N) is 1. The minimum absolute atomic E-state index is 0.101. The van der Waals surface area contributed by atoms with Gasteiger partial charge in [-0.2, -0.15) is 0 Å². The summed E-state index contributed by atoms with van der Waals surface area (Å²) >= 11 is 0. The van der Waals surface area contributed by atoms with E-state index >= 15 is 0 Å². The lowest BCUT2D eigenvalue weighted by atomic mass is 9.99. The van der Waals surface area contributed by atoms with E-state index in [0.29, 0.717) is 22.3 Å². The van der Waals surface area contributed by atoms with Crippen LogP contribution < -0.4 is 19.1 Å². The van der Waals surface area contributed by atoms with E-state index in [1.165, 1.54) is 24.3 Å². The van der Waals surface area contributed by atoms with Crippen LogP contribution >= 0.6 is 0 Å². The molecular formula is C24H22N2O7S. The smallest absolute Gasteiger partial charge is 0.270 e. The molecule has 1 aliphatic heterocycles. The number of carbonyl (C=O) groups excluding carboxylic acids is 3. The van der Waals surface area contributed by atoms with Gasteiger partial charge in [-0.1, -0.05) is 24.3 Å². The van der Waals surface area contributed by atoms with Crippen LogP contribution in [0.1, 0.15) is 41.5 Å². The number of carbonyl (C=O) groups is 3. The Hall–Kier alpha value is -3.92. The molecule has 3 aromatic rings. The average Bonchev–Trinajstić information content (AvgIpc) is 3.05. The summed E-state index contributed by atoms with van der Waals surface area (Å²) in [6.07, 6.45) is 0. The lowest BCUT2D eigenvalue weighted by Crippen LogP contribution is -2.30. The number of fused-ring (bicyclic) bond motifs is 2. The van der Waals surface area contributed by atoms with E-state index in [4.69, 9.17) is 9.47 Å². The molecule has 1 aliphatic rings. The first-order chi connectivity index (χ1) is 16.2. The summed E-state index contributed by atoms with van der Waals surface area (Å²) in [6, 6.07) is 12.3. The van der Waals surface area contributed by atoms with Crippen molar-refractivity contribution in [3.63, 3.8) is 0 Å². The summed E-state index contributed by atoms with van der Waals surface area (Å²) in [6.45, 7) is 5.21. The molecule has 34 heavy (non-hydrogen) atoms. The highest BCUT2D eigenvalue weighted by atomic mass is 32.2. The van der Waals surface area contributed by atoms with Gasteiger partial charge in [0.05, 0.1) is 34.9 Å². The highest BCUT2D eigenvalue weighted by Crippen LogP contribution is 2.46. The number of benzene rings is 3. The predicted molar refractivity (Wildman–Crippen MR) is 125 cm³/mol. The maximum Gasteiger partial charge on any atom is 0.270 e. The summed E-state index contributed by atoms with van der Waals surface area (Å²) in [5, 5.41) is 1.29. The average molecular weight is 483 g/mol. The minimum Gasteiger partial charge on any atom is -0.492 e. The van der Waals surface area contributed by atoms with Crippen LogP contribution in [0.5, 0.6) is 11.5 Å². The molecule has 0 unspecified atom stereocenters. The molecule has 0 spiro atoms. The maximum atomic E-state index is 13.5. The van der Waals surface area contributed by atoms with Crippen molar-refractivity contribution in [3.05, 3.63) is 59.7 Å². The van der Waals surface area contributed by atoms with Gasteiger partial charge < -0.3 is 9.47 Å². The Labute approximate surface area is 196 Å². The molecule has 1 heterocycles. The van der Waals surface area contributed by atoms with Crippen LogP contribution in [0.15, 0.2) is 53.4 Å². The molecule has 176 valence electrons. The van der Waals surface area contributed by atoms with Crippen LogP contribution in [0.2, 0.25) is 0 Å². The fraction of sp³-hybridized carbons (Fsp3) is 0.208. The standard InChI is InChI=1S/C24H22N2O7S/c1-4-32-21-17-8-6-7-9-18(17)22(33-5-2)20-19(21)23(28)26(24(20)29)15-10-12-16(13-11-15)34(30,31)25-14(3)27/h6-13H,4-5H2,1-3H3,(H,25,27). The highest BCUT2D eigenvalue weighted by Gasteiger charge is 2.43. The number of nitrogens with zero attached hydrogens (tertiary/aromatic N) is 1. The summed E-state index contributed by atoms with van der Waals surface area (Å²) in [5.74, 6) is -1.35. The largest absolute Gasteiger partial charge is 0.492 e. The molecule has 0 radical (unpaired) electrons. The van der Waals surface area contributed by atoms with Crippen molar-refractivity contribution in [3.8, 4) is 11.5 Å². The SMILES string of the molecule is CCOc1c2c(c(OCC)c3ccccc13)C(=O)N(c1ccc(S(=O)(=O)NC(C)=O)cc1)C2=O. The number of hydrogen-bond donors (Lipinski definition) is 1. The first-order valence-corrected chi connectivity index (χ1v) is 12.1. The Morgan fingerprint density at radius 1 is 0.853 bits per heavy atom. The first-order valence-electron chi connectivity index (χ1n) is 10.6. The molecule has 0 fully saturated rings. The topological polar surface area (TPSA) is 119 Å². The van der Waals surface area contributed by atoms with Crippen LogP contribution in [0.25, 0.3) is 10.8 Å². The normalized spacial score (nSPS) is 13.2. The first kappa shape index (κ1) is 23.2. The second kappa shape index (κ2) is 8.79. The molecule has 0 atom stereocenters. The second-order valence-electron chi connectivity index (χ2n) is 7.42. The molecule has 0 aliphatic carbocycles. The fourth-order valence-corrected chi connectivity index (χ4v) is 4.94. The zero-order valence-corrected chi connectivity index (χ0v) is 19.6. The zero-order chi connectivity index (χ0) is 24.6. The number of sulfonamides is 1. The van der Waals surface area contributed by atoms with E-state index in [1.54, 1.807) is 38.1 Å². The van der Waals surface area contributed by atoms with Gasteiger partial charge in [0.15, 0.2) is 0 Å². The molecule has 1 N–H and O–H groups in total. The minimum atomic E-state index is -4.06. The highest BCUT2D eigenvalue weighted by molar-refractivity contribution is 7.90. The summed E-state index contributed by atoms with van der Waals surface area (Å²) in [7, 11) is -4.06. The van der Waals surface area contributed by atoms with E-state index in [9.17, 15) is 22.8 Å². The van der Waals surface area contributed by atoms with E-state index in [-0.39, 0.29) is 34.9 Å². The molecule has 3 amide bonds. The quantitative estimate of drug-likeness (QED) is 0.513. The lowest BCUT2D eigenvalue weighted by Gasteiger charge is -2.15. The van der Waals surface area contributed by atoms with E-state index in [2.05, 4.69) is 0 Å². The summed E-state index contributed by atoms with van der Waals surface area (Å²) in [5.41, 5.74) is 0.370. The van der Waals surface area contributed by atoms with Gasteiger partial charge in [0, 0.05) is 17.7 Å². The number of rotatable bonds is 7. The summed E-state index contributed by atoms with van der Waals surface area (Å²) in [4.78, 5) is 39.0. The summed E-state index contributed by atoms with van der Waals surface area (Å²) < 4.78 is 38.0. The predicted octanol–water partition coefficient (Wildman–Crippen LogP) is 3.26. The van der Waals surface area contributed by atoms with Crippen molar-refractivity contribution in [2.75, 3.05) is 18.1 Å². The molecule has 3 aromatic carbocycles. The Bertz CT molecular complexity index is 1370. The molecule has 9 nitrogen and oxygen atoms in total. The van der Waals surface area contributed by atoms with E-state index in [0.717, 1.165) is 11.8 Å². The fourth-order valence-electron chi connectivity index (χ4n) is 3.94. The van der Waals surface area contributed by atoms with Gasteiger partial charge in [-0.3, -0.25) is 14.4 Å². The van der Waals surface area contributed by atoms with Crippen LogP contribution in [0.4, 0.5) is 5.69 Å². The third-order valence-corrected chi connectivity index (χ3v) is 6.66. The number of anilines is 1. The van der Waals surface area contributed by atoms with Gasteiger partial charge >= 0.3 is 0 Å². The molecule has 4 rings (SSSR count). The molecular weight excluding hydrogens is 460 g/mol. The van der Waals surface area contributed by atoms with Crippen LogP contribution in [-0.4, -0.2) is 39.4 Å². The van der Waals surface area contributed by atoms with Crippen molar-refractivity contribution < 1.29 is 32.3 Å². The number of ether oxygens (including phenoxy) is 2. The Morgan fingerprint density at radius 2 is 1.32 bits per heavy atom. The maximum absolute atomic E-state index is 13.5. The molecule has 0 saturated carbocycles. The van der Waals surface area contributed by atoms with Crippen LogP contribution in [0, 0.1) is 0 Å². The third-order valence-electron chi connectivity index (χ3n) is 5.22. The van der Waals surface area contributed by atoms with Gasteiger partial charge in [-0.05, 0) is 38.1 Å². The van der Waals surface area contributed by atoms with Gasteiger partial charge in [-0.15, -0.1) is 0 Å². The second-order valence-corrected chi connectivity index (χ2v) is 9.10. The van der Waals surface area contributed by atoms with Gasteiger partial charge in [0.25, 0.3) is 21.8 Å². The van der Waals surface area contributed by atoms with Gasteiger partial charge in [0.2, 0.25) is 5.91 Å². The number of imide groups is 1.